The van der Waals surface area contributed by atoms with Crippen LogP contribution in [0.3, 0.4) is 0 Å². The Hall–Kier alpha value is -2.55. The number of aromatic nitrogens is 1. The van der Waals surface area contributed by atoms with Crippen molar-refractivity contribution in [2.24, 2.45) is 0 Å². The SMILES string of the molecule is Cc1cc(S(=O)(=O)N2CCC(c3cn(CC(=O)O)c4cc(Cl)ccc34)C2)ccc1OC(C)C. The molecule has 0 spiro atoms. The van der Waals surface area contributed by atoms with E-state index >= 15 is 0 Å². The Morgan fingerprint density at radius 1 is 1.24 bits per heavy atom. The number of hydrogen-bond acceptors (Lipinski definition) is 4. The number of hydrogen-bond donors (Lipinski definition) is 1. The zero-order chi connectivity index (χ0) is 23.9. The van der Waals surface area contributed by atoms with E-state index in [1.54, 1.807) is 34.9 Å². The molecule has 0 saturated carbocycles. The van der Waals surface area contributed by atoms with Gasteiger partial charge in [-0.3, -0.25) is 4.79 Å². The molecule has 1 unspecified atom stereocenters. The molecule has 1 atom stereocenters. The highest BCUT2D eigenvalue weighted by atomic mass is 35.5. The summed E-state index contributed by atoms with van der Waals surface area (Å²) in [4.78, 5) is 11.6. The van der Waals surface area contributed by atoms with Crippen LogP contribution in [0, 0.1) is 6.92 Å². The molecule has 33 heavy (non-hydrogen) atoms. The fourth-order valence-electron chi connectivity index (χ4n) is 4.41. The van der Waals surface area contributed by atoms with Crippen LogP contribution < -0.4 is 4.74 Å². The molecule has 0 bridgehead atoms. The Labute approximate surface area is 198 Å². The molecule has 0 amide bonds. The third-order valence-electron chi connectivity index (χ3n) is 5.92. The first-order chi connectivity index (χ1) is 15.6. The van der Waals surface area contributed by atoms with Crippen molar-refractivity contribution in [2.45, 2.75) is 50.7 Å². The number of benzene rings is 2. The van der Waals surface area contributed by atoms with Gasteiger partial charge in [-0.15, -0.1) is 0 Å². The van der Waals surface area contributed by atoms with Crippen molar-refractivity contribution in [3.63, 3.8) is 0 Å². The van der Waals surface area contributed by atoms with Crippen molar-refractivity contribution in [1.82, 2.24) is 8.87 Å². The van der Waals surface area contributed by atoms with Gasteiger partial charge in [-0.05, 0) is 68.7 Å². The second-order valence-corrected chi connectivity index (χ2v) is 11.1. The van der Waals surface area contributed by atoms with E-state index in [9.17, 15) is 18.3 Å². The van der Waals surface area contributed by atoms with Gasteiger partial charge in [0.1, 0.15) is 12.3 Å². The third-order valence-corrected chi connectivity index (χ3v) is 8.01. The number of carboxylic acids is 1. The van der Waals surface area contributed by atoms with Crippen LogP contribution in [0.25, 0.3) is 10.9 Å². The molecule has 1 aromatic heterocycles. The second kappa shape index (κ2) is 9.00. The van der Waals surface area contributed by atoms with Gasteiger partial charge in [0.15, 0.2) is 0 Å². The number of aryl methyl sites for hydroxylation is 1. The fraction of sp³-hybridized carbons (Fsp3) is 0.375. The molecule has 1 saturated heterocycles. The van der Waals surface area contributed by atoms with Gasteiger partial charge < -0.3 is 14.4 Å². The van der Waals surface area contributed by atoms with Gasteiger partial charge in [0.25, 0.3) is 0 Å². The van der Waals surface area contributed by atoms with Crippen LogP contribution in [0.2, 0.25) is 5.02 Å². The zero-order valence-corrected chi connectivity index (χ0v) is 20.4. The van der Waals surface area contributed by atoms with E-state index in [0.29, 0.717) is 30.3 Å². The van der Waals surface area contributed by atoms with Gasteiger partial charge in [-0.1, -0.05) is 17.7 Å². The predicted octanol–water partition coefficient (Wildman–Crippen LogP) is 4.65. The first-order valence-corrected chi connectivity index (χ1v) is 12.7. The highest BCUT2D eigenvalue weighted by Crippen LogP contribution is 2.37. The minimum absolute atomic E-state index is 0.00337. The molecule has 4 rings (SSSR count). The third kappa shape index (κ3) is 4.74. The smallest absolute Gasteiger partial charge is 0.323 e. The molecule has 9 heteroatoms. The van der Waals surface area contributed by atoms with Gasteiger partial charge >= 0.3 is 5.97 Å². The van der Waals surface area contributed by atoms with Crippen LogP contribution >= 0.6 is 11.6 Å². The molecule has 1 fully saturated rings. The quantitative estimate of drug-likeness (QED) is 0.520. The summed E-state index contributed by atoms with van der Waals surface area (Å²) < 4.78 is 35.6. The number of carbonyl (C=O) groups is 1. The summed E-state index contributed by atoms with van der Waals surface area (Å²) in [5.41, 5.74) is 2.45. The molecule has 1 aliphatic heterocycles. The van der Waals surface area contributed by atoms with E-state index < -0.39 is 16.0 Å². The molecular formula is C24H27ClN2O5S. The lowest BCUT2D eigenvalue weighted by molar-refractivity contribution is -0.137. The van der Waals surface area contributed by atoms with Gasteiger partial charge in [0.2, 0.25) is 10.0 Å². The maximum atomic E-state index is 13.3. The molecule has 1 N–H and O–H groups in total. The lowest BCUT2D eigenvalue weighted by Crippen LogP contribution is -2.28. The largest absolute Gasteiger partial charge is 0.491 e. The maximum absolute atomic E-state index is 13.3. The topological polar surface area (TPSA) is 88.8 Å². The van der Waals surface area contributed by atoms with Crippen LogP contribution in [0.4, 0.5) is 0 Å². The Balaban J connectivity index is 1.61. The number of aliphatic carboxylic acids is 1. The van der Waals surface area contributed by atoms with Gasteiger partial charge in [-0.25, -0.2) is 8.42 Å². The molecule has 2 aromatic carbocycles. The average molecular weight is 491 g/mol. The van der Waals surface area contributed by atoms with Crippen molar-refractivity contribution in [3.8, 4) is 5.75 Å². The molecule has 0 radical (unpaired) electrons. The van der Waals surface area contributed by atoms with Crippen LogP contribution in [0.15, 0.2) is 47.5 Å². The first kappa shape index (κ1) is 23.6. The molecule has 1 aliphatic rings. The normalized spacial score (nSPS) is 17.2. The van der Waals surface area contributed by atoms with E-state index in [1.807, 2.05) is 33.0 Å². The standard InChI is InChI=1S/C24H27ClN2O5S/c1-15(2)32-23-7-5-19(10-16(23)3)33(30,31)27-9-8-17(12-27)21-13-26(14-24(28)29)22-11-18(25)4-6-20(21)22/h4-7,10-11,13,15,17H,8-9,12,14H2,1-3H3,(H,28,29). The van der Waals surface area contributed by atoms with Crippen molar-refractivity contribution in [2.75, 3.05) is 13.1 Å². The summed E-state index contributed by atoms with van der Waals surface area (Å²) in [5, 5.41) is 10.7. The Bertz CT molecular complexity index is 1320. The van der Waals surface area contributed by atoms with Gasteiger partial charge in [-0.2, -0.15) is 4.31 Å². The van der Waals surface area contributed by atoms with Crippen molar-refractivity contribution in [1.29, 1.82) is 0 Å². The molecule has 176 valence electrons. The predicted molar refractivity (Wildman–Crippen MR) is 128 cm³/mol. The van der Waals surface area contributed by atoms with Gasteiger partial charge in [0.05, 0.1) is 16.5 Å². The number of rotatable bonds is 7. The van der Waals surface area contributed by atoms with E-state index in [2.05, 4.69) is 0 Å². The first-order valence-electron chi connectivity index (χ1n) is 10.8. The Morgan fingerprint density at radius 2 is 2.00 bits per heavy atom. The summed E-state index contributed by atoms with van der Waals surface area (Å²) in [7, 11) is -3.66. The monoisotopic (exact) mass is 490 g/mol. The number of carboxylic acid groups (broad SMARTS) is 1. The van der Waals surface area contributed by atoms with E-state index in [1.165, 1.54) is 4.31 Å². The maximum Gasteiger partial charge on any atom is 0.323 e. The van der Waals surface area contributed by atoms with E-state index in [0.717, 1.165) is 22.0 Å². The van der Waals surface area contributed by atoms with Crippen LogP contribution in [0.1, 0.15) is 37.3 Å². The van der Waals surface area contributed by atoms with Gasteiger partial charge in [0, 0.05) is 35.6 Å². The van der Waals surface area contributed by atoms with E-state index in [4.69, 9.17) is 16.3 Å². The number of fused-ring (bicyclic) bond motifs is 1. The summed E-state index contributed by atoms with van der Waals surface area (Å²) in [6, 6.07) is 10.3. The van der Waals surface area contributed by atoms with Crippen molar-refractivity contribution >= 4 is 38.5 Å². The average Bonchev–Trinajstić information content (AvgIpc) is 3.34. The Morgan fingerprint density at radius 3 is 2.67 bits per heavy atom. The summed E-state index contributed by atoms with van der Waals surface area (Å²) in [6.07, 6.45) is 2.48. The lowest BCUT2D eigenvalue weighted by atomic mass is 9.98. The van der Waals surface area contributed by atoms with E-state index in [-0.39, 0.29) is 23.5 Å². The second-order valence-electron chi connectivity index (χ2n) is 8.71. The minimum Gasteiger partial charge on any atom is -0.491 e. The van der Waals surface area contributed by atoms with Crippen LogP contribution in [-0.2, 0) is 21.4 Å². The summed E-state index contributed by atoms with van der Waals surface area (Å²) >= 11 is 6.14. The molecule has 3 aromatic rings. The zero-order valence-electron chi connectivity index (χ0n) is 18.8. The van der Waals surface area contributed by atoms with Crippen LogP contribution in [0.5, 0.6) is 5.75 Å². The molecule has 7 nitrogen and oxygen atoms in total. The van der Waals surface area contributed by atoms with Crippen molar-refractivity contribution < 1.29 is 23.1 Å². The molecule has 0 aliphatic carbocycles. The molecular weight excluding hydrogens is 464 g/mol. The number of ether oxygens (including phenoxy) is 1. The number of sulfonamides is 1. The minimum atomic E-state index is -3.66. The highest BCUT2D eigenvalue weighted by Gasteiger charge is 2.35. The highest BCUT2D eigenvalue weighted by molar-refractivity contribution is 7.89. The van der Waals surface area contributed by atoms with Crippen LogP contribution in [-0.4, -0.2) is 47.6 Å². The molecule has 2 heterocycles. The fourth-order valence-corrected chi connectivity index (χ4v) is 6.17. The summed E-state index contributed by atoms with van der Waals surface area (Å²) in [6.45, 7) is 6.24. The summed E-state index contributed by atoms with van der Waals surface area (Å²) in [5.74, 6) is -0.314. The van der Waals surface area contributed by atoms with Crippen molar-refractivity contribution in [3.05, 3.63) is 58.7 Å². The Kier molecular flexibility index (Phi) is 6.44. The lowest BCUT2D eigenvalue weighted by Gasteiger charge is -2.18. The number of halogens is 1. The number of nitrogens with zero attached hydrogens (tertiary/aromatic N) is 2.